The smallest absolute Gasteiger partial charge is 0.331 e. The van der Waals surface area contributed by atoms with Crippen molar-refractivity contribution in [2.24, 2.45) is 5.92 Å². The summed E-state index contributed by atoms with van der Waals surface area (Å²) in [5.41, 5.74) is -0.540. The topological polar surface area (TPSA) is 90.0 Å². The minimum Gasteiger partial charge on any atom is -0.478 e. The summed E-state index contributed by atoms with van der Waals surface area (Å²) in [7, 11) is 5.20. The summed E-state index contributed by atoms with van der Waals surface area (Å²) in [5, 5.41) is 11.7. The zero-order valence-electron chi connectivity index (χ0n) is 16.0. The number of amides is 2. The van der Waals surface area contributed by atoms with Crippen molar-refractivity contribution in [3.63, 3.8) is 0 Å². The Morgan fingerprint density at radius 3 is 2.04 bits per heavy atom. The van der Waals surface area contributed by atoms with E-state index >= 15 is 0 Å². The lowest BCUT2D eigenvalue weighted by Gasteiger charge is -2.32. The van der Waals surface area contributed by atoms with Gasteiger partial charge in [-0.15, -0.1) is 0 Å². The van der Waals surface area contributed by atoms with Crippen LogP contribution in [0.15, 0.2) is 11.6 Å². The van der Waals surface area contributed by atoms with Gasteiger partial charge >= 0.3 is 5.97 Å². The van der Waals surface area contributed by atoms with Gasteiger partial charge in [0.25, 0.3) is 0 Å². The maximum absolute atomic E-state index is 12.4. The van der Waals surface area contributed by atoms with Gasteiger partial charge < -0.3 is 15.3 Å². The molecule has 0 aromatic carbocycles. The number of carboxylic acid groups (broad SMARTS) is 1. The van der Waals surface area contributed by atoms with Crippen LogP contribution in [-0.2, 0) is 14.4 Å². The zero-order chi connectivity index (χ0) is 19.2. The number of hydrogen-bond acceptors (Lipinski definition) is 4. The molecule has 24 heavy (non-hydrogen) atoms. The first-order valence-electron chi connectivity index (χ1n) is 7.95. The average molecular weight is 341 g/mol. The number of hydrogen-bond donors (Lipinski definition) is 2. The molecule has 0 bridgehead atoms. The number of carbonyl (C=O) groups excluding carboxylic acids is 2. The third-order valence-electron chi connectivity index (χ3n) is 4.36. The van der Waals surface area contributed by atoms with Gasteiger partial charge in [-0.05, 0) is 40.8 Å². The van der Waals surface area contributed by atoms with Crippen molar-refractivity contribution < 1.29 is 19.5 Å². The highest BCUT2D eigenvalue weighted by Crippen LogP contribution is 2.14. The molecule has 1 atom stereocenters. The molecule has 0 aromatic heterocycles. The Kier molecular flexibility index (Phi) is 8.13. The second-order valence-electron chi connectivity index (χ2n) is 7.03. The van der Waals surface area contributed by atoms with E-state index < -0.39 is 11.5 Å². The lowest BCUT2D eigenvalue weighted by molar-refractivity contribution is -0.136. The van der Waals surface area contributed by atoms with Crippen LogP contribution in [0, 0.1) is 5.92 Å². The summed E-state index contributed by atoms with van der Waals surface area (Å²) in [6.45, 7) is 8.73. The monoisotopic (exact) mass is 341 g/mol. The lowest BCUT2D eigenvalue weighted by Crippen LogP contribution is -2.54. The molecule has 7 nitrogen and oxygen atoms in total. The number of likely N-dealkylation sites (N-methyl/N-ethyl adjacent to an activating group) is 2. The first-order chi connectivity index (χ1) is 10.8. The van der Waals surface area contributed by atoms with Crippen LogP contribution in [0.3, 0.4) is 0 Å². The number of carbonyl (C=O) groups is 3. The Bertz CT molecular complexity index is 510. The predicted molar refractivity (Wildman–Crippen MR) is 93.6 cm³/mol. The molecular weight excluding hydrogens is 310 g/mol. The van der Waals surface area contributed by atoms with Crippen molar-refractivity contribution in [2.75, 3.05) is 27.7 Å². The first kappa shape index (κ1) is 22.1. The second kappa shape index (κ2) is 8.82. The summed E-state index contributed by atoms with van der Waals surface area (Å²) in [4.78, 5) is 38.8. The molecular formula is C17H31N3O4. The van der Waals surface area contributed by atoms with E-state index in [1.54, 1.807) is 46.0 Å². The van der Waals surface area contributed by atoms with Crippen LogP contribution in [0.5, 0.6) is 0 Å². The summed E-state index contributed by atoms with van der Waals surface area (Å²) in [5.74, 6) is -1.48. The SMILES string of the molecule is C/C(=C\[C@H](C(C)C)N(C)C(=O)CNC(=O)C(C)(C)N(C)C)C(=O)O. The van der Waals surface area contributed by atoms with Gasteiger partial charge in [0, 0.05) is 12.6 Å². The van der Waals surface area contributed by atoms with Gasteiger partial charge in [0.1, 0.15) is 0 Å². The number of nitrogens with one attached hydrogen (secondary N) is 1. The van der Waals surface area contributed by atoms with E-state index in [2.05, 4.69) is 5.32 Å². The number of rotatable bonds is 8. The average Bonchev–Trinajstić information content (AvgIpc) is 2.47. The fraction of sp³-hybridized carbons (Fsp3) is 0.706. The van der Waals surface area contributed by atoms with E-state index in [0.717, 1.165) is 0 Å². The summed E-state index contributed by atoms with van der Waals surface area (Å²) < 4.78 is 0. The molecule has 2 N–H and O–H groups in total. The van der Waals surface area contributed by atoms with Crippen molar-refractivity contribution in [2.45, 2.75) is 46.2 Å². The van der Waals surface area contributed by atoms with Crippen molar-refractivity contribution in [3.05, 3.63) is 11.6 Å². The third-order valence-corrected chi connectivity index (χ3v) is 4.36. The molecule has 0 spiro atoms. The van der Waals surface area contributed by atoms with Crippen LogP contribution in [0.2, 0.25) is 0 Å². The number of aliphatic carboxylic acids is 1. The van der Waals surface area contributed by atoms with Crippen LogP contribution >= 0.6 is 0 Å². The standard InChI is InChI=1S/C17H31N3O4/c1-11(2)13(9-12(3)15(22)23)20(8)14(21)10-18-16(24)17(4,5)19(6)7/h9,11,13H,10H2,1-8H3,(H,18,24)(H,22,23)/b12-9+/t13-/m1/s1. The molecule has 0 aliphatic heterocycles. The summed E-state index contributed by atoms with van der Waals surface area (Å²) in [6.07, 6.45) is 1.57. The molecule has 7 heteroatoms. The molecule has 2 amide bonds. The van der Waals surface area contributed by atoms with E-state index in [1.165, 1.54) is 11.8 Å². The molecule has 0 rings (SSSR count). The van der Waals surface area contributed by atoms with Gasteiger partial charge in [-0.2, -0.15) is 0 Å². The molecule has 0 fully saturated rings. The van der Waals surface area contributed by atoms with E-state index in [9.17, 15) is 14.4 Å². The zero-order valence-corrected chi connectivity index (χ0v) is 16.0. The van der Waals surface area contributed by atoms with Gasteiger partial charge in [0.15, 0.2) is 0 Å². The fourth-order valence-corrected chi connectivity index (χ4v) is 1.95. The molecule has 0 saturated carbocycles. The minimum atomic E-state index is -1.01. The molecule has 0 aromatic rings. The van der Waals surface area contributed by atoms with Gasteiger partial charge in [-0.3, -0.25) is 14.5 Å². The number of carboxylic acids is 1. The largest absolute Gasteiger partial charge is 0.478 e. The maximum atomic E-state index is 12.4. The van der Waals surface area contributed by atoms with Crippen LogP contribution < -0.4 is 5.32 Å². The lowest BCUT2D eigenvalue weighted by atomic mass is 10.00. The van der Waals surface area contributed by atoms with Crippen LogP contribution in [0.1, 0.15) is 34.6 Å². The predicted octanol–water partition coefficient (Wildman–Crippen LogP) is 0.957. The van der Waals surface area contributed by atoms with Gasteiger partial charge in [-0.1, -0.05) is 19.9 Å². The van der Waals surface area contributed by atoms with Gasteiger partial charge in [0.05, 0.1) is 18.1 Å². The molecule has 138 valence electrons. The molecule has 0 heterocycles. The van der Waals surface area contributed by atoms with Crippen molar-refractivity contribution >= 4 is 17.8 Å². The van der Waals surface area contributed by atoms with Crippen molar-refractivity contribution in [1.82, 2.24) is 15.1 Å². The molecule has 0 aliphatic carbocycles. The van der Waals surface area contributed by atoms with Crippen molar-refractivity contribution in [1.29, 1.82) is 0 Å². The van der Waals surface area contributed by atoms with E-state index in [0.29, 0.717) is 0 Å². The Morgan fingerprint density at radius 1 is 1.17 bits per heavy atom. The third kappa shape index (κ3) is 5.96. The van der Waals surface area contributed by atoms with Gasteiger partial charge in [-0.25, -0.2) is 4.79 Å². The second-order valence-corrected chi connectivity index (χ2v) is 7.03. The summed E-state index contributed by atoms with van der Waals surface area (Å²) in [6, 6.07) is -0.354. The van der Waals surface area contributed by atoms with E-state index in [-0.39, 0.29) is 35.9 Å². The van der Waals surface area contributed by atoms with E-state index in [4.69, 9.17) is 5.11 Å². The fourth-order valence-electron chi connectivity index (χ4n) is 1.95. The quantitative estimate of drug-likeness (QED) is 0.642. The maximum Gasteiger partial charge on any atom is 0.331 e. The first-order valence-corrected chi connectivity index (χ1v) is 7.95. The molecule has 0 radical (unpaired) electrons. The Hall–Kier alpha value is -1.89. The van der Waals surface area contributed by atoms with Gasteiger partial charge in [0.2, 0.25) is 11.8 Å². The summed E-state index contributed by atoms with van der Waals surface area (Å²) >= 11 is 0. The number of nitrogens with zero attached hydrogens (tertiary/aromatic N) is 2. The highest BCUT2D eigenvalue weighted by Gasteiger charge is 2.30. The Balaban J connectivity index is 4.99. The van der Waals surface area contributed by atoms with Crippen LogP contribution in [-0.4, -0.2) is 72.0 Å². The van der Waals surface area contributed by atoms with Crippen LogP contribution in [0.4, 0.5) is 0 Å². The Labute approximate surface area is 144 Å². The highest BCUT2D eigenvalue weighted by atomic mass is 16.4. The molecule has 0 unspecified atom stereocenters. The minimum absolute atomic E-state index is 0.0437. The van der Waals surface area contributed by atoms with Crippen molar-refractivity contribution in [3.8, 4) is 0 Å². The van der Waals surface area contributed by atoms with E-state index in [1.807, 2.05) is 13.8 Å². The van der Waals surface area contributed by atoms with Crippen LogP contribution in [0.25, 0.3) is 0 Å². The Morgan fingerprint density at radius 2 is 1.67 bits per heavy atom. The normalized spacial score (nSPS) is 13.8. The molecule has 0 aliphatic rings. The highest BCUT2D eigenvalue weighted by molar-refractivity contribution is 5.90. The molecule has 0 saturated heterocycles.